The predicted octanol–water partition coefficient (Wildman–Crippen LogP) is 3.27. The first-order valence-electron chi connectivity index (χ1n) is 8.11. The van der Waals surface area contributed by atoms with Crippen molar-refractivity contribution in [1.82, 2.24) is 10.3 Å². The molecule has 132 valence electrons. The van der Waals surface area contributed by atoms with Crippen molar-refractivity contribution in [2.75, 3.05) is 19.0 Å². The van der Waals surface area contributed by atoms with E-state index in [4.69, 9.17) is 9.47 Å². The Hall–Kier alpha value is -2.67. The summed E-state index contributed by atoms with van der Waals surface area (Å²) in [6.07, 6.45) is 3.20. The summed E-state index contributed by atoms with van der Waals surface area (Å²) in [4.78, 5) is 16.5. The van der Waals surface area contributed by atoms with Gasteiger partial charge in [-0.05, 0) is 42.7 Å². The molecule has 2 aromatic rings. The minimum absolute atomic E-state index is 0.146. The van der Waals surface area contributed by atoms with Crippen LogP contribution in [0.1, 0.15) is 24.4 Å². The SMILES string of the molecule is COc1ncccc1NC(=O)NC(c1ccc(F)cc1)C1CCCO1. The van der Waals surface area contributed by atoms with E-state index < -0.39 is 6.03 Å². The smallest absolute Gasteiger partial charge is 0.319 e. The second-order valence-corrected chi connectivity index (χ2v) is 5.74. The lowest BCUT2D eigenvalue weighted by atomic mass is 9.99. The van der Waals surface area contributed by atoms with Crippen molar-refractivity contribution in [1.29, 1.82) is 0 Å². The summed E-state index contributed by atoms with van der Waals surface area (Å²) in [5.74, 6) is 0.00693. The van der Waals surface area contributed by atoms with Crippen molar-refractivity contribution >= 4 is 11.7 Å². The van der Waals surface area contributed by atoms with E-state index in [2.05, 4.69) is 15.6 Å². The van der Waals surface area contributed by atoms with Gasteiger partial charge in [-0.3, -0.25) is 0 Å². The number of ether oxygens (including phenoxy) is 2. The molecule has 2 amide bonds. The fourth-order valence-corrected chi connectivity index (χ4v) is 2.87. The first-order chi connectivity index (χ1) is 12.2. The molecule has 2 N–H and O–H groups in total. The van der Waals surface area contributed by atoms with Crippen LogP contribution in [-0.2, 0) is 4.74 Å². The van der Waals surface area contributed by atoms with Crippen molar-refractivity contribution in [2.45, 2.75) is 25.0 Å². The van der Waals surface area contributed by atoms with Crippen molar-refractivity contribution in [3.05, 3.63) is 54.0 Å². The number of urea groups is 1. The summed E-state index contributed by atoms with van der Waals surface area (Å²) < 4.78 is 24.1. The highest BCUT2D eigenvalue weighted by Gasteiger charge is 2.29. The summed E-state index contributed by atoms with van der Waals surface area (Å²) in [7, 11) is 1.49. The lowest BCUT2D eigenvalue weighted by Gasteiger charge is -2.25. The van der Waals surface area contributed by atoms with Gasteiger partial charge in [0.2, 0.25) is 5.88 Å². The highest BCUT2D eigenvalue weighted by atomic mass is 19.1. The summed E-state index contributed by atoms with van der Waals surface area (Å²) in [6.45, 7) is 0.655. The number of nitrogens with zero attached hydrogens (tertiary/aromatic N) is 1. The predicted molar refractivity (Wildman–Crippen MR) is 91.1 cm³/mol. The van der Waals surface area contributed by atoms with E-state index in [9.17, 15) is 9.18 Å². The molecular formula is C18H20FN3O3. The number of rotatable bonds is 5. The molecule has 0 spiro atoms. The average Bonchev–Trinajstić information content (AvgIpc) is 3.15. The number of methoxy groups -OCH3 is 1. The van der Waals surface area contributed by atoms with Crippen LogP contribution in [0.4, 0.5) is 14.9 Å². The monoisotopic (exact) mass is 345 g/mol. The third kappa shape index (κ3) is 4.24. The second kappa shape index (κ2) is 7.94. The Kier molecular flexibility index (Phi) is 5.45. The highest BCUT2D eigenvalue weighted by Crippen LogP contribution is 2.27. The molecule has 2 atom stereocenters. The number of benzene rings is 1. The third-order valence-corrected chi connectivity index (χ3v) is 4.07. The molecule has 0 aliphatic carbocycles. The van der Waals surface area contributed by atoms with E-state index >= 15 is 0 Å². The van der Waals surface area contributed by atoms with Gasteiger partial charge < -0.3 is 20.1 Å². The zero-order chi connectivity index (χ0) is 17.6. The molecule has 1 aliphatic rings. The normalized spacial score (nSPS) is 17.8. The maximum Gasteiger partial charge on any atom is 0.319 e. The van der Waals surface area contributed by atoms with E-state index in [1.54, 1.807) is 30.5 Å². The zero-order valence-corrected chi connectivity index (χ0v) is 13.9. The van der Waals surface area contributed by atoms with Gasteiger partial charge in [-0.1, -0.05) is 12.1 Å². The number of carbonyl (C=O) groups excluding carboxylic acids is 1. The number of nitrogens with one attached hydrogen (secondary N) is 2. The molecule has 0 bridgehead atoms. The molecule has 1 aromatic carbocycles. The minimum atomic E-state index is -0.406. The molecule has 1 saturated heterocycles. The van der Waals surface area contributed by atoms with E-state index in [1.165, 1.54) is 19.2 Å². The molecule has 2 unspecified atom stereocenters. The van der Waals surface area contributed by atoms with Crippen LogP contribution in [0.3, 0.4) is 0 Å². The molecule has 1 aliphatic heterocycles. The van der Waals surface area contributed by atoms with Crippen LogP contribution in [0.25, 0.3) is 0 Å². The highest BCUT2D eigenvalue weighted by molar-refractivity contribution is 5.90. The third-order valence-electron chi connectivity index (χ3n) is 4.07. The van der Waals surface area contributed by atoms with Crippen LogP contribution in [0, 0.1) is 5.82 Å². The number of hydrogen-bond acceptors (Lipinski definition) is 4. The molecule has 1 aromatic heterocycles. The molecule has 0 saturated carbocycles. The topological polar surface area (TPSA) is 72.5 Å². The van der Waals surface area contributed by atoms with Gasteiger partial charge >= 0.3 is 6.03 Å². The van der Waals surface area contributed by atoms with Gasteiger partial charge in [-0.2, -0.15) is 0 Å². The second-order valence-electron chi connectivity index (χ2n) is 5.74. The molecule has 2 heterocycles. The van der Waals surface area contributed by atoms with E-state index in [1.807, 2.05) is 0 Å². The summed E-state index contributed by atoms with van der Waals surface area (Å²) in [5, 5.41) is 5.64. The lowest BCUT2D eigenvalue weighted by Crippen LogP contribution is -2.38. The minimum Gasteiger partial charge on any atom is -0.480 e. The van der Waals surface area contributed by atoms with E-state index in [-0.39, 0.29) is 18.0 Å². The van der Waals surface area contributed by atoms with Crippen molar-refractivity contribution in [3.63, 3.8) is 0 Å². The van der Waals surface area contributed by atoms with Crippen LogP contribution >= 0.6 is 0 Å². The van der Waals surface area contributed by atoms with Gasteiger partial charge in [0.05, 0.1) is 19.3 Å². The number of anilines is 1. The fraction of sp³-hybridized carbons (Fsp3) is 0.333. The summed E-state index contributed by atoms with van der Waals surface area (Å²) >= 11 is 0. The van der Waals surface area contributed by atoms with Crippen LogP contribution < -0.4 is 15.4 Å². The Balaban J connectivity index is 1.75. The maximum absolute atomic E-state index is 13.2. The molecule has 25 heavy (non-hydrogen) atoms. The Morgan fingerprint density at radius 3 is 2.84 bits per heavy atom. The molecule has 1 fully saturated rings. The Labute approximate surface area is 145 Å². The summed E-state index contributed by atoms with van der Waals surface area (Å²) in [6, 6.07) is 8.70. The standard InChI is InChI=1S/C18H20FN3O3/c1-24-17-14(4-2-10-20-17)21-18(23)22-16(15-5-3-11-25-15)12-6-8-13(19)9-7-12/h2,4,6-10,15-16H,3,5,11H2,1H3,(H2,21,22,23). The Bertz CT molecular complexity index is 718. The quantitative estimate of drug-likeness (QED) is 0.872. The van der Waals surface area contributed by atoms with Gasteiger partial charge in [0.15, 0.2) is 0 Å². The first kappa shape index (κ1) is 17.2. The zero-order valence-electron chi connectivity index (χ0n) is 13.9. The van der Waals surface area contributed by atoms with Crippen LogP contribution in [0.15, 0.2) is 42.6 Å². The molecule has 6 nitrogen and oxygen atoms in total. The van der Waals surface area contributed by atoms with Crippen LogP contribution in [0.5, 0.6) is 5.88 Å². The number of pyridine rings is 1. The van der Waals surface area contributed by atoms with Gasteiger partial charge in [0, 0.05) is 12.8 Å². The van der Waals surface area contributed by atoms with Gasteiger partial charge in [0.25, 0.3) is 0 Å². The maximum atomic E-state index is 13.2. The molecule has 7 heteroatoms. The Morgan fingerprint density at radius 1 is 1.36 bits per heavy atom. The molecular weight excluding hydrogens is 325 g/mol. The molecule has 3 rings (SSSR count). The van der Waals surface area contributed by atoms with Crippen molar-refractivity contribution < 1.29 is 18.7 Å². The van der Waals surface area contributed by atoms with Gasteiger partial charge in [0.1, 0.15) is 11.5 Å². The number of amides is 2. The van der Waals surface area contributed by atoms with E-state index in [0.717, 1.165) is 18.4 Å². The number of halogens is 1. The first-order valence-corrected chi connectivity index (χ1v) is 8.11. The van der Waals surface area contributed by atoms with E-state index in [0.29, 0.717) is 18.2 Å². The Morgan fingerprint density at radius 2 is 2.16 bits per heavy atom. The lowest BCUT2D eigenvalue weighted by molar-refractivity contribution is 0.0815. The average molecular weight is 345 g/mol. The summed E-state index contributed by atoms with van der Waals surface area (Å²) in [5.41, 5.74) is 1.26. The van der Waals surface area contributed by atoms with Crippen LogP contribution in [-0.4, -0.2) is 30.8 Å². The number of hydrogen-bond donors (Lipinski definition) is 2. The van der Waals surface area contributed by atoms with Crippen LogP contribution in [0.2, 0.25) is 0 Å². The van der Waals surface area contributed by atoms with Gasteiger partial charge in [-0.25, -0.2) is 14.2 Å². The van der Waals surface area contributed by atoms with Crippen molar-refractivity contribution in [2.24, 2.45) is 0 Å². The van der Waals surface area contributed by atoms with Crippen molar-refractivity contribution in [3.8, 4) is 5.88 Å². The largest absolute Gasteiger partial charge is 0.480 e. The fourth-order valence-electron chi connectivity index (χ4n) is 2.87. The molecule has 0 radical (unpaired) electrons. The number of aromatic nitrogens is 1. The van der Waals surface area contributed by atoms with Gasteiger partial charge in [-0.15, -0.1) is 0 Å². The number of carbonyl (C=O) groups is 1.